The van der Waals surface area contributed by atoms with Crippen LogP contribution in [0.15, 0.2) is 48.5 Å². The summed E-state index contributed by atoms with van der Waals surface area (Å²) in [5.41, 5.74) is 0.654. The number of nitrogens with one attached hydrogen (secondary N) is 1. The SMILES string of the molecule is Cc1nc(C(=O)NC2CCN(C(=O)c3ccccc3F)CC2)nn1-c1ccc(F)cc1. The zero-order valence-electron chi connectivity index (χ0n) is 16.9. The van der Waals surface area contributed by atoms with E-state index in [1.54, 1.807) is 36.1 Å². The molecule has 0 radical (unpaired) electrons. The van der Waals surface area contributed by atoms with Crippen LogP contribution >= 0.6 is 0 Å². The molecule has 7 nitrogen and oxygen atoms in total. The fourth-order valence-corrected chi connectivity index (χ4v) is 3.59. The lowest BCUT2D eigenvalue weighted by Gasteiger charge is -2.32. The second-order valence-corrected chi connectivity index (χ2v) is 7.39. The average Bonchev–Trinajstić information content (AvgIpc) is 3.16. The molecule has 1 aliphatic rings. The summed E-state index contributed by atoms with van der Waals surface area (Å²) in [7, 11) is 0. The molecule has 2 amide bonds. The van der Waals surface area contributed by atoms with Gasteiger partial charge in [-0.2, -0.15) is 0 Å². The molecule has 31 heavy (non-hydrogen) atoms. The second kappa shape index (κ2) is 8.63. The highest BCUT2D eigenvalue weighted by atomic mass is 19.1. The summed E-state index contributed by atoms with van der Waals surface area (Å²) in [4.78, 5) is 30.9. The molecular formula is C22H21F2N5O2. The number of rotatable bonds is 4. The van der Waals surface area contributed by atoms with Crippen LogP contribution in [0.25, 0.3) is 5.69 Å². The summed E-state index contributed by atoms with van der Waals surface area (Å²) in [6.07, 6.45) is 1.09. The van der Waals surface area contributed by atoms with Gasteiger partial charge >= 0.3 is 0 Å². The van der Waals surface area contributed by atoms with Crippen LogP contribution in [0.1, 0.15) is 39.6 Å². The number of piperidine rings is 1. The van der Waals surface area contributed by atoms with Crippen LogP contribution in [0.5, 0.6) is 0 Å². The first-order chi connectivity index (χ1) is 14.9. The molecule has 0 saturated carbocycles. The fourth-order valence-electron chi connectivity index (χ4n) is 3.59. The Bertz CT molecular complexity index is 1110. The number of aromatic nitrogens is 3. The van der Waals surface area contributed by atoms with Crippen molar-refractivity contribution in [1.82, 2.24) is 25.0 Å². The van der Waals surface area contributed by atoms with Gasteiger partial charge in [0.1, 0.15) is 17.5 Å². The van der Waals surface area contributed by atoms with Crippen molar-refractivity contribution in [2.75, 3.05) is 13.1 Å². The Morgan fingerprint density at radius 1 is 1.03 bits per heavy atom. The maximum absolute atomic E-state index is 13.9. The lowest BCUT2D eigenvalue weighted by Crippen LogP contribution is -2.46. The van der Waals surface area contributed by atoms with E-state index in [4.69, 9.17) is 0 Å². The quantitative estimate of drug-likeness (QED) is 0.697. The largest absolute Gasteiger partial charge is 0.346 e. The van der Waals surface area contributed by atoms with Crippen molar-refractivity contribution in [1.29, 1.82) is 0 Å². The van der Waals surface area contributed by atoms with Gasteiger partial charge in [0.25, 0.3) is 11.8 Å². The minimum atomic E-state index is -0.541. The smallest absolute Gasteiger partial charge is 0.291 e. The van der Waals surface area contributed by atoms with Crippen molar-refractivity contribution in [3.8, 4) is 5.69 Å². The number of carbonyl (C=O) groups excluding carboxylic acids is 2. The van der Waals surface area contributed by atoms with Gasteiger partial charge in [0.15, 0.2) is 0 Å². The van der Waals surface area contributed by atoms with Gasteiger partial charge < -0.3 is 10.2 Å². The number of amides is 2. The molecule has 0 spiro atoms. The molecule has 9 heteroatoms. The maximum atomic E-state index is 13.9. The van der Waals surface area contributed by atoms with E-state index < -0.39 is 11.7 Å². The Morgan fingerprint density at radius 2 is 1.71 bits per heavy atom. The first kappa shape index (κ1) is 20.6. The molecule has 1 aromatic heterocycles. The number of aryl methyl sites for hydroxylation is 1. The summed E-state index contributed by atoms with van der Waals surface area (Å²) in [5, 5.41) is 7.13. The van der Waals surface area contributed by atoms with E-state index in [-0.39, 0.29) is 29.2 Å². The molecule has 1 fully saturated rings. The number of hydrogen-bond donors (Lipinski definition) is 1. The summed E-state index contributed by atoms with van der Waals surface area (Å²) < 4.78 is 28.5. The minimum Gasteiger partial charge on any atom is -0.346 e. The lowest BCUT2D eigenvalue weighted by molar-refractivity contribution is 0.0693. The molecule has 1 aliphatic heterocycles. The van der Waals surface area contributed by atoms with Crippen molar-refractivity contribution >= 4 is 11.8 Å². The third-order valence-corrected chi connectivity index (χ3v) is 5.26. The first-order valence-electron chi connectivity index (χ1n) is 9.96. The van der Waals surface area contributed by atoms with Crippen LogP contribution in [0.4, 0.5) is 8.78 Å². The normalized spacial score (nSPS) is 14.5. The standard InChI is InChI=1S/C22H21F2N5O2/c1-14-25-20(27-29(14)17-8-6-15(23)7-9-17)21(30)26-16-10-12-28(13-11-16)22(31)18-4-2-3-5-19(18)24/h2-9,16H,10-13H2,1H3,(H,26,30). The number of nitrogens with zero attached hydrogens (tertiary/aromatic N) is 4. The molecular weight excluding hydrogens is 404 g/mol. The summed E-state index contributed by atoms with van der Waals surface area (Å²) in [5.74, 6) is -1.14. The van der Waals surface area contributed by atoms with E-state index in [9.17, 15) is 18.4 Å². The molecule has 0 aliphatic carbocycles. The molecule has 4 rings (SSSR count). The Labute approximate surface area is 177 Å². The minimum absolute atomic E-state index is 0.0201. The molecule has 2 aromatic carbocycles. The van der Waals surface area contributed by atoms with Gasteiger partial charge in [-0.25, -0.2) is 18.4 Å². The van der Waals surface area contributed by atoms with E-state index in [1.807, 2.05) is 0 Å². The zero-order chi connectivity index (χ0) is 22.0. The number of benzene rings is 2. The molecule has 1 N–H and O–H groups in total. The Balaban J connectivity index is 1.36. The summed E-state index contributed by atoms with van der Waals surface area (Å²) in [6.45, 7) is 2.53. The molecule has 0 unspecified atom stereocenters. The fraction of sp³-hybridized carbons (Fsp3) is 0.273. The van der Waals surface area contributed by atoms with Gasteiger partial charge in [0.05, 0.1) is 11.3 Å². The topological polar surface area (TPSA) is 80.1 Å². The Morgan fingerprint density at radius 3 is 2.39 bits per heavy atom. The monoisotopic (exact) mass is 425 g/mol. The van der Waals surface area contributed by atoms with Gasteiger partial charge in [-0.1, -0.05) is 12.1 Å². The van der Waals surface area contributed by atoms with Gasteiger partial charge in [-0.3, -0.25) is 9.59 Å². The van der Waals surface area contributed by atoms with Crippen LogP contribution < -0.4 is 5.32 Å². The third kappa shape index (κ3) is 4.45. The maximum Gasteiger partial charge on any atom is 0.291 e. The summed E-state index contributed by atoms with van der Waals surface area (Å²) in [6, 6.07) is 11.5. The van der Waals surface area contributed by atoms with E-state index >= 15 is 0 Å². The highest BCUT2D eigenvalue weighted by Gasteiger charge is 2.27. The molecule has 0 atom stereocenters. The highest BCUT2D eigenvalue weighted by molar-refractivity contribution is 5.94. The first-order valence-corrected chi connectivity index (χ1v) is 9.96. The van der Waals surface area contributed by atoms with Crippen LogP contribution in [0.2, 0.25) is 0 Å². The van der Waals surface area contributed by atoms with Crippen molar-refractivity contribution in [3.63, 3.8) is 0 Å². The van der Waals surface area contributed by atoms with Gasteiger partial charge in [0.2, 0.25) is 5.82 Å². The van der Waals surface area contributed by atoms with Gasteiger partial charge in [-0.05, 0) is 56.2 Å². The van der Waals surface area contributed by atoms with Gasteiger partial charge in [-0.15, -0.1) is 5.10 Å². The van der Waals surface area contributed by atoms with E-state index in [0.29, 0.717) is 37.4 Å². The number of halogens is 2. The predicted molar refractivity (Wildman–Crippen MR) is 109 cm³/mol. The summed E-state index contributed by atoms with van der Waals surface area (Å²) >= 11 is 0. The number of likely N-dealkylation sites (tertiary alicyclic amines) is 1. The molecule has 3 aromatic rings. The van der Waals surface area contributed by atoms with Crippen LogP contribution in [-0.4, -0.2) is 50.6 Å². The van der Waals surface area contributed by atoms with E-state index in [1.165, 1.54) is 28.9 Å². The Kier molecular flexibility index (Phi) is 5.75. The average molecular weight is 425 g/mol. The van der Waals surface area contributed by atoms with Gasteiger partial charge in [0, 0.05) is 19.1 Å². The zero-order valence-corrected chi connectivity index (χ0v) is 16.9. The third-order valence-electron chi connectivity index (χ3n) is 5.26. The van der Waals surface area contributed by atoms with Crippen molar-refractivity contribution in [2.45, 2.75) is 25.8 Å². The van der Waals surface area contributed by atoms with Crippen molar-refractivity contribution in [2.24, 2.45) is 0 Å². The molecule has 2 heterocycles. The highest BCUT2D eigenvalue weighted by Crippen LogP contribution is 2.17. The Hall–Kier alpha value is -3.62. The van der Waals surface area contributed by atoms with E-state index in [0.717, 1.165) is 0 Å². The molecule has 160 valence electrons. The molecule has 1 saturated heterocycles. The number of carbonyl (C=O) groups is 2. The molecule has 0 bridgehead atoms. The van der Waals surface area contributed by atoms with Crippen LogP contribution in [0, 0.1) is 18.6 Å². The van der Waals surface area contributed by atoms with Crippen molar-refractivity contribution < 1.29 is 18.4 Å². The van der Waals surface area contributed by atoms with Crippen molar-refractivity contribution in [3.05, 3.63) is 77.4 Å². The second-order valence-electron chi connectivity index (χ2n) is 7.39. The number of hydrogen-bond acceptors (Lipinski definition) is 4. The van der Waals surface area contributed by atoms with Crippen LogP contribution in [-0.2, 0) is 0 Å². The van der Waals surface area contributed by atoms with Crippen LogP contribution in [0.3, 0.4) is 0 Å². The van der Waals surface area contributed by atoms with E-state index in [2.05, 4.69) is 15.4 Å². The predicted octanol–water partition coefficient (Wildman–Crippen LogP) is 2.89. The lowest BCUT2D eigenvalue weighted by atomic mass is 10.0.